The molecular weight excluding hydrogens is 272 g/mol. The van der Waals surface area contributed by atoms with Gasteiger partial charge in [0.1, 0.15) is 0 Å². The van der Waals surface area contributed by atoms with E-state index in [1.807, 2.05) is 6.92 Å². The number of carbonyl (C=O) groups is 1. The van der Waals surface area contributed by atoms with Gasteiger partial charge in [-0.3, -0.25) is 4.79 Å². The van der Waals surface area contributed by atoms with Gasteiger partial charge in [0.25, 0.3) is 5.91 Å². The molecule has 0 atom stereocenters. The van der Waals surface area contributed by atoms with E-state index in [9.17, 15) is 14.9 Å². The first kappa shape index (κ1) is 15.5. The van der Waals surface area contributed by atoms with Gasteiger partial charge in [0.05, 0.1) is 0 Å². The number of nitrogens with one attached hydrogen (secondary N) is 3. The van der Waals surface area contributed by atoms with Crippen LogP contribution in [0.25, 0.3) is 0 Å². The van der Waals surface area contributed by atoms with Crippen molar-refractivity contribution in [2.75, 3.05) is 13.1 Å². The van der Waals surface area contributed by atoms with E-state index in [2.05, 4.69) is 15.6 Å². The third kappa shape index (κ3) is 3.68. The second-order valence-corrected chi connectivity index (χ2v) is 4.78. The summed E-state index contributed by atoms with van der Waals surface area (Å²) in [5.74, 6) is -0.469. The summed E-state index contributed by atoms with van der Waals surface area (Å²) >= 11 is 0. The molecule has 1 saturated heterocycles. The molecule has 1 fully saturated rings. The van der Waals surface area contributed by atoms with E-state index in [1.54, 1.807) is 0 Å². The summed E-state index contributed by atoms with van der Waals surface area (Å²) in [6, 6.07) is 2.72. The highest BCUT2D eigenvalue weighted by Gasteiger charge is 2.30. The Morgan fingerprint density at radius 1 is 1.42 bits per heavy atom. The number of rotatable bonds is 3. The maximum atomic E-state index is 12.0. The summed E-state index contributed by atoms with van der Waals surface area (Å²) in [5.41, 5.74) is -0.0242. The molecule has 1 aromatic rings. The zero-order valence-corrected chi connectivity index (χ0v) is 11.4. The average molecular weight is 289 g/mol. The molecule has 2 heterocycles. The van der Waals surface area contributed by atoms with Gasteiger partial charge in [-0.1, -0.05) is 0 Å². The molecule has 0 bridgehead atoms. The van der Waals surface area contributed by atoms with Crippen LogP contribution in [0, 0.1) is 10.1 Å². The van der Waals surface area contributed by atoms with Gasteiger partial charge < -0.3 is 20.7 Å². The minimum atomic E-state index is -0.553. The number of nitro groups is 1. The lowest BCUT2D eigenvalue weighted by Crippen LogP contribution is -2.52. The topological polar surface area (TPSA) is 100 Å². The number of aromatic nitrogens is 1. The molecule has 0 aromatic carbocycles. The van der Waals surface area contributed by atoms with Crippen molar-refractivity contribution >= 4 is 24.1 Å². The smallest absolute Gasteiger partial charge is 0.321 e. The molecule has 0 spiro atoms. The summed E-state index contributed by atoms with van der Waals surface area (Å²) in [5, 5.41) is 16.7. The van der Waals surface area contributed by atoms with Crippen molar-refractivity contribution in [3.63, 3.8) is 0 Å². The number of halogens is 1. The fourth-order valence-corrected chi connectivity index (χ4v) is 2.07. The van der Waals surface area contributed by atoms with Crippen molar-refractivity contribution in [2.24, 2.45) is 0 Å². The molecule has 3 N–H and O–H groups in total. The normalized spacial score (nSPS) is 17.3. The molecule has 2 rings (SSSR count). The number of nitrogens with zero attached hydrogens (tertiary/aromatic N) is 1. The zero-order valence-electron chi connectivity index (χ0n) is 10.6. The van der Waals surface area contributed by atoms with Crippen LogP contribution < -0.4 is 10.6 Å². The van der Waals surface area contributed by atoms with Gasteiger partial charge in [-0.25, -0.2) is 4.98 Å². The van der Waals surface area contributed by atoms with Crippen molar-refractivity contribution in [3.05, 3.63) is 27.9 Å². The van der Waals surface area contributed by atoms with E-state index in [0.29, 0.717) is 0 Å². The van der Waals surface area contributed by atoms with E-state index in [4.69, 9.17) is 0 Å². The fourth-order valence-electron chi connectivity index (χ4n) is 2.07. The SMILES string of the molecule is CC1(NC(=O)c2ccc([N+](=O)[O-])[nH]2)CCNCC1.Cl. The van der Waals surface area contributed by atoms with E-state index in [0.717, 1.165) is 25.9 Å². The third-order valence-electron chi connectivity index (χ3n) is 3.23. The largest absolute Gasteiger partial charge is 0.358 e. The highest BCUT2D eigenvalue weighted by atomic mass is 35.5. The molecule has 0 radical (unpaired) electrons. The average Bonchev–Trinajstić information content (AvgIpc) is 2.78. The minimum Gasteiger partial charge on any atom is -0.358 e. The lowest BCUT2D eigenvalue weighted by molar-refractivity contribution is -0.389. The van der Waals surface area contributed by atoms with Gasteiger partial charge in [0.15, 0.2) is 5.69 Å². The molecule has 0 aliphatic carbocycles. The quantitative estimate of drug-likeness (QED) is 0.575. The maximum Gasteiger partial charge on any atom is 0.321 e. The van der Waals surface area contributed by atoms with Gasteiger partial charge in [0.2, 0.25) is 0 Å². The highest BCUT2D eigenvalue weighted by molar-refractivity contribution is 5.93. The van der Waals surface area contributed by atoms with Crippen molar-refractivity contribution in [3.8, 4) is 0 Å². The number of hydrogen-bond acceptors (Lipinski definition) is 4. The van der Waals surface area contributed by atoms with Crippen LogP contribution in [0.4, 0.5) is 5.82 Å². The van der Waals surface area contributed by atoms with Gasteiger partial charge >= 0.3 is 5.82 Å². The Kier molecular flexibility index (Phi) is 4.90. The van der Waals surface area contributed by atoms with Crippen LogP contribution in [0.15, 0.2) is 12.1 Å². The number of aromatic amines is 1. The molecule has 7 nitrogen and oxygen atoms in total. The Morgan fingerprint density at radius 3 is 2.58 bits per heavy atom. The first-order valence-electron chi connectivity index (χ1n) is 5.87. The van der Waals surface area contributed by atoms with E-state index in [-0.39, 0.29) is 35.4 Å². The Labute approximate surface area is 116 Å². The molecule has 0 saturated carbocycles. The summed E-state index contributed by atoms with van der Waals surface area (Å²) in [6.45, 7) is 3.71. The molecule has 1 aliphatic rings. The van der Waals surface area contributed by atoms with Gasteiger partial charge in [-0.15, -0.1) is 12.4 Å². The number of amides is 1. The summed E-state index contributed by atoms with van der Waals surface area (Å²) in [7, 11) is 0. The van der Waals surface area contributed by atoms with Crippen molar-refractivity contribution in [1.82, 2.24) is 15.6 Å². The molecule has 8 heteroatoms. The second-order valence-electron chi connectivity index (χ2n) is 4.78. The molecule has 106 valence electrons. The first-order valence-corrected chi connectivity index (χ1v) is 5.87. The van der Waals surface area contributed by atoms with Crippen molar-refractivity contribution in [1.29, 1.82) is 0 Å². The summed E-state index contributed by atoms with van der Waals surface area (Å²) < 4.78 is 0. The van der Waals surface area contributed by atoms with E-state index < -0.39 is 4.92 Å². The molecule has 1 aliphatic heterocycles. The van der Waals surface area contributed by atoms with Crippen LogP contribution in [-0.4, -0.2) is 34.4 Å². The number of H-pyrrole nitrogens is 1. The minimum absolute atomic E-state index is 0. The first-order chi connectivity index (χ1) is 8.50. The zero-order chi connectivity index (χ0) is 13.2. The molecule has 1 aromatic heterocycles. The molecule has 0 unspecified atom stereocenters. The maximum absolute atomic E-state index is 12.0. The van der Waals surface area contributed by atoms with Crippen LogP contribution in [0.5, 0.6) is 0 Å². The standard InChI is InChI=1S/C11H16N4O3.ClH/c1-11(4-6-12-7-5-11)14-10(16)8-2-3-9(13-8)15(17)18;/h2-3,12-13H,4-7H2,1H3,(H,14,16);1H. The Hall–Kier alpha value is -1.60. The van der Waals surface area contributed by atoms with Gasteiger partial charge in [-0.05, 0) is 43.8 Å². The number of piperidine rings is 1. The van der Waals surface area contributed by atoms with Gasteiger partial charge in [-0.2, -0.15) is 0 Å². The lowest BCUT2D eigenvalue weighted by atomic mass is 9.90. The lowest BCUT2D eigenvalue weighted by Gasteiger charge is -2.34. The fraction of sp³-hybridized carbons (Fsp3) is 0.545. The Morgan fingerprint density at radius 2 is 2.05 bits per heavy atom. The summed E-state index contributed by atoms with van der Waals surface area (Å²) in [6.07, 6.45) is 1.70. The van der Waals surface area contributed by atoms with Crippen LogP contribution in [-0.2, 0) is 0 Å². The van der Waals surface area contributed by atoms with Crippen LogP contribution in [0.2, 0.25) is 0 Å². The van der Waals surface area contributed by atoms with E-state index >= 15 is 0 Å². The predicted octanol–water partition coefficient (Wildman–Crippen LogP) is 1.22. The molecule has 19 heavy (non-hydrogen) atoms. The van der Waals surface area contributed by atoms with Crippen LogP contribution >= 0.6 is 12.4 Å². The van der Waals surface area contributed by atoms with Crippen molar-refractivity contribution in [2.45, 2.75) is 25.3 Å². The summed E-state index contributed by atoms with van der Waals surface area (Å²) in [4.78, 5) is 24.4. The monoisotopic (exact) mass is 288 g/mol. The van der Waals surface area contributed by atoms with Crippen molar-refractivity contribution < 1.29 is 9.72 Å². The van der Waals surface area contributed by atoms with Crippen LogP contribution in [0.3, 0.4) is 0 Å². The van der Waals surface area contributed by atoms with Gasteiger partial charge in [0, 0.05) is 11.6 Å². The number of carbonyl (C=O) groups excluding carboxylic acids is 1. The Bertz CT molecular complexity index is 468. The van der Waals surface area contributed by atoms with Crippen LogP contribution in [0.1, 0.15) is 30.3 Å². The van der Waals surface area contributed by atoms with E-state index in [1.165, 1.54) is 12.1 Å². The predicted molar refractivity (Wildman–Crippen MR) is 72.7 cm³/mol. The highest BCUT2D eigenvalue weighted by Crippen LogP contribution is 2.18. The Balaban J connectivity index is 0.00000180. The molecule has 1 amide bonds. The number of hydrogen-bond donors (Lipinski definition) is 3. The second kappa shape index (κ2) is 6.03. The third-order valence-corrected chi connectivity index (χ3v) is 3.23. The molecular formula is C11H17ClN4O3.